The van der Waals surface area contributed by atoms with Crippen molar-refractivity contribution in [1.29, 1.82) is 0 Å². The van der Waals surface area contributed by atoms with E-state index in [1.54, 1.807) is 6.08 Å². The number of aliphatic carboxylic acids is 1. The Kier molecular flexibility index (Phi) is 3.40. The van der Waals surface area contributed by atoms with Crippen LogP contribution in [0.15, 0.2) is 40.6 Å². The molecule has 0 fully saturated rings. The Hall–Kier alpha value is -1.64. The van der Waals surface area contributed by atoms with Crippen LogP contribution in [0.4, 0.5) is 0 Å². The Bertz CT molecular complexity index is 359. The molecule has 0 saturated heterocycles. The number of nitrogens with zero attached hydrogens (tertiary/aromatic N) is 1. The summed E-state index contributed by atoms with van der Waals surface area (Å²) in [5.74, 6) is -0.931. The molecule has 0 aromatic heterocycles. The number of carboxylic acid groups (broad SMARTS) is 1. The van der Waals surface area contributed by atoms with Gasteiger partial charge in [0, 0.05) is 17.5 Å². The van der Waals surface area contributed by atoms with E-state index in [-0.39, 0.29) is 0 Å². The highest BCUT2D eigenvalue weighted by molar-refractivity contribution is 5.94. The maximum absolute atomic E-state index is 10.3. The molecule has 1 aliphatic rings. The minimum atomic E-state index is -0.931. The normalized spacial score (nSPS) is 17.1. The van der Waals surface area contributed by atoms with Crippen LogP contribution >= 0.6 is 0 Å². The molecule has 0 aliphatic carbocycles. The summed E-state index contributed by atoms with van der Waals surface area (Å²) in [6.45, 7) is 3.81. The summed E-state index contributed by atoms with van der Waals surface area (Å²) >= 11 is 0. The lowest BCUT2D eigenvalue weighted by Crippen LogP contribution is -1.88. The molecular weight excluding hydrogens is 178 g/mol. The molecule has 0 unspecified atom stereocenters. The lowest BCUT2D eigenvalue weighted by atomic mass is 10.1. The summed E-state index contributed by atoms with van der Waals surface area (Å²) < 4.78 is 0. The fourth-order valence-electron chi connectivity index (χ4n) is 1.24. The summed E-state index contributed by atoms with van der Waals surface area (Å²) in [5.41, 5.74) is 2.77. The SMILES string of the molecule is CC1=NC(C)=C(/C=C/C(=O)O)CC=C1. The highest BCUT2D eigenvalue weighted by Crippen LogP contribution is 2.15. The van der Waals surface area contributed by atoms with Crippen LogP contribution in [0.1, 0.15) is 20.3 Å². The topological polar surface area (TPSA) is 49.7 Å². The van der Waals surface area contributed by atoms with E-state index < -0.39 is 5.97 Å². The minimum Gasteiger partial charge on any atom is -0.478 e. The molecule has 0 saturated carbocycles. The first-order valence-corrected chi connectivity index (χ1v) is 4.42. The number of carbonyl (C=O) groups is 1. The molecule has 1 N–H and O–H groups in total. The molecular formula is C11H13NO2. The van der Waals surface area contributed by atoms with Crippen molar-refractivity contribution in [3.8, 4) is 0 Å². The van der Waals surface area contributed by atoms with Crippen molar-refractivity contribution in [3.63, 3.8) is 0 Å². The van der Waals surface area contributed by atoms with Gasteiger partial charge in [0.15, 0.2) is 0 Å². The molecule has 1 aliphatic heterocycles. The molecule has 0 bridgehead atoms. The molecule has 0 aromatic rings. The van der Waals surface area contributed by atoms with Crippen molar-refractivity contribution in [2.75, 3.05) is 0 Å². The molecule has 0 atom stereocenters. The third-order valence-corrected chi connectivity index (χ3v) is 1.93. The number of aliphatic imine (C=N–C) groups is 1. The number of rotatable bonds is 2. The minimum absolute atomic E-state index is 0.733. The van der Waals surface area contributed by atoms with Gasteiger partial charge in [-0.25, -0.2) is 4.79 Å². The van der Waals surface area contributed by atoms with E-state index in [2.05, 4.69) is 4.99 Å². The van der Waals surface area contributed by atoms with E-state index in [9.17, 15) is 4.79 Å². The fraction of sp³-hybridized carbons (Fsp3) is 0.273. The molecule has 74 valence electrons. The molecule has 1 rings (SSSR count). The second kappa shape index (κ2) is 4.56. The maximum Gasteiger partial charge on any atom is 0.328 e. The van der Waals surface area contributed by atoms with Crippen LogP contribution in [-0.2, 0) is 4.79 Å². The van der Waals surface area contributed by atoms with Gasteiger partial charge in [-0.2, -0.15) is 0 Å². The van der Waals surface area contributed by atoms with Crippen LogP contribution < -0.4 is 0 Å². The van der Waals surface area contributed by atoms with Crippen molar-refractivity contribution < 1.29 is 9.90 Å². The number of carboxylic acids is 1. The average molecular weight is 191 g/mol. The summed E-state index contributed by atoms with van der Waals surface area (Å²) in [7, 11) is 0. The van der Waals surface area contributed by atoms with Crippen molar-refractivity contribution in [3.05, 3.63) is 35.6 Å². The molecule has 0 radical (unpaired) electrons. The van der Waals surface area contributed by atoms with Gasteiger partial charge in [-0.05, 0) is 38.0 Å². The lowest BCUT2D eigenvalue weighted by molar-refractivity contribution is -0.131. The average Bonchev–Trinajstić information content (AvgIpc) is 2.23. The molecule has 1 heterocycles. The Balaban J connectivity index is 2.92. The molecule has 3 nitrogen and oxygen atoms in total. The van der Waals surface area contributed by atoms with Gasteiger partial charge < -0.3 is 5.11 Å². The van der Waals surface area contributed by atoms with E-state index in [1.165, 1.54) is 0 Å². The molecule has 14 heavy (non-hydrogen) atoms. The van der Waals surface area contributed by atoms with E-state index >= 15 is 0 Å². The summed E-state index contributed by atoms with van der Waals surface area (Å²) in [4.78, 5) is 14.6. The smallest absolute Gasteiger partial charge is 0.328 e. The van der Waals surface area contributed by atoms with E-state index in [0.29, 0.717) is 0 Å². The first-order chi connectivity index (χ1) is 6.59. The Morgan fingerprint density at radius 3 is 2.93 bits per heavy atom. The van der Waals surface area contributed by atoms with Gasteiger partial charge in [0.05, 0.1) is 0 Å². The van der Waals surface area contributed by atoms with Gasteiger partial charge in [0.25, 0.3) is 0 Å². The van der Waals surface area contributed by atoms with Crippen LogP contribution in [0.25, 0.3) is 0 Å². The van der Waals surface area contributed by atoms with Gasteiger partial charge in [-0.15, -0.1) is 0 Å². The second-order valence-electron chi connectivity index (χ2n) is 3.14. The van der Waals surface area contributed by atoms with E-state index in [4.69, 9.17) is 5.11 Å². The Morgan fingerprint density at radius 1 is 1.57 bits per heavy atom. The van der Waals surface area contributed by atoms with Crippen molar-refractivity contribution >= 4 is 11.7 Å². The fourth-order valence-corrected chi connectivity index (χ4v) is 1.24. The zero-order chi connectivity index (χ0) is 10.6. The third-order valence-electron chi connectivity index (χ3n) is 1.93. The van der Waals surface area contributed by atoms with Gasteiger partial charge >= 0.3 is 5.97 Å². The molecule has 0 amide bonds. The number of hydrogen-bond acceptors (Lipinski definition) is 2. The summed E-state index contributed by atoms with van der Waals surface area (Å²) in [6, 6.07) is 0. The zero-order valence-electron chi connectivity index (χ0n) is 8.32. The van der Waals surface area contributed by atoms with Gasteiger partial charge in [-0.3, -0.25) is 4.99 Å². The zero-order valence-corrected chi connectivity index (χ0v) is 8.32. The van der Waals surface area contributed by atoms with Gasteiger partial charge in [0.1, 0.15) is 0 Å². The summed E-state index contributed by atoms with van der Waals surface area (Å²) in [6.07, 6.45) is 7.39. The van der Waals surface area contributed by atoms with Crippen molar-refractivity contribution in [1.82, 2.24) is 0 Å². The second-order valence-corrected chi connectivity index (χ2v) is 3.14. The predicted octanol–water partition coefficient (Wildman–Crippen LogP) is 2.32. The third kappa shape index (κ3) is 3.01. The van der Waals surface area contributed by atoms with Crippen LogP contribution in [0.5, 0.6) is 0 Å². The maximum atomic E-state index is 10.3. The summed E-state index contributed by atoms with van der Waals surface area (Å²) in [5, 5.41) is 8.49. The van der Waals surface area contributed by atoms with Crippen molar-refractivity contribution in [2.45, 2.75) is 20.3 Å². The lowest BCUT2D eigenvalue weighted by Gasteiger charge is -1.98. The molecule has 3 heteroatoms. The monoisotopic (exact) mass is 191 g/mol. The van der Waals surface area contributed by atoms with Crippen LogP contribution in [0.2, 0.25) is 0 Å². The number of allylic oxidation sites excluding steroid dienone is 5. The first-order valence-electron chi connectivity index (χ1n) is 4.42. The Morgan fingerprint density at radius 2 is 2.29 bits per heavy atom. The predicted molar refractivity (Wildman–Crippen MR) is 56.3 cm³/mol. The van der Waals surface area contributed by atoms with Gasteiger partial charge in [-0.1, -0.05) is 6.08 Å². The van der Waals surface area contributed by atoms with Crippen LogP contribution in [-0.4, -0.2) is 16.8 Å². The standard InChI is InChI=1S/C11H13NO2/c1-8-4-3-5-10(9(2)12-8)6-7-11(13)14/h3-4,6-7H,5H2,1-2H3,(H,13,14)/b7-6+. The van der Waals surface area contributed by atoms with Crippen molar-refractivity contribution in [2.24, 2.45) is 4.99 Å². The molecule has 0 spiro atoms. The highest BCUT2D eigenvalue weighted by Gasteiger charge is 2.01. The van der Waals surface area contributed by atoms with Gasteiger partial charge in [0.2, 0.25) is 0 Å². The van der Waals surface area contributed by atoms with E-state index in [1.807, 2.05) is 26.0 Å². The quantitative estimate of drug-likeness (QED) is 0.681. The van der Waals surface area contributed by atoms with E-state index in [0.717, 1.165) is 29.5 Å². The Labute approximate surface area is 83.2 Å². The van der Waals surface area contributed by atoms with Crippen LogP contribution in [0.3, 0.4) is 0 Å². The first kappa shape index (κ1) is 10.4. The van der Waals surface area contributed by atoms with Crippen LogP contribution in [0, 0.1) is 0 Å². The highest BCUT2D eigenvalue weighted by atomic mass is 16.4. The number of hydrogen-bond donors (Lipinski definition) is 1. The largest absolute Gasteiger partial charge is 0.478 e. The molecule has 0 aromatic carbocycles.